The van der Waals surface area contributed by atoms with Crippen LogP contribution < -0.4 is 5.32 Å². The van der Waals surface area contributed by atoms with E-state index in [1.165, 1.54) is 6.20 Å². The van der Waals surface area contributed by atoms with E-state index in [0.717, 1.165) is 12.1 Å². The van der Waals surface area contributed by atoms with Gasteiger partial charge in [-0.25, -0.2) is 27.2 Å². The summed E-state index contributed by atoms with van der Waals surface area (Å²) in [4.78, 5) is 12.1. The average Bonchev–Trinajstić information content (AvgIpc) is 2.81. The standard InChI is InChI=1S/C24H17F2N5O2S/c1-15-19(14-34(32,33)22-4-3-20(25)10-21(22)26)8-18(13-29-15)17-6-7-28-24(9-17)31-23-5-2-16(11-27)12-30-23/h2-10,12-13H,14H2,1H3,(H,28,30,31). The number of benzene rings is 1. The molecule has 0 fully saturated rings. The van der Waals surface area contributed by atoms with Crippen LogP contribution in [0.5, 0.6) is 0 Å². The molecule has 10 heteroatoms. The zero-order valence-corrected chi connectivity index (χ0v) is 18.6. The van der Waals surface area contributed by atoms with Crippen molar-refractivity contribution in [1.82, 2.24) is 15.0 Å². The number of sulfone groups is 1. The number of aromatic nitrogens is 3. The van der Waals surface area contributed by atoms with Gasteiger partial charge in [0, 0.05) is 35.9 Å². The van der Waals surface area contributed by atoms with E-state index in [1.807, 2.05) is 6.07 Å². The first-order valence-electron chi connectivity index (χ1n) is 9.98. The summed E-state index contributed by atoms with van der Waals surface area (Å²) in [5.41, 5.74) is 2.64. The summed E-state index contributed by atoms with van der Waals surface area (Å²) < 4.78 is 52.9. The van der Waals surface area contributed by atoms with Crippen LogP contribution in [-0.4, -0.2) is 23.4 Å². The van der Waals surface area contributed by atoms with E-state index in [9.17, 15) is 17.2 Å². The van der Waals surface area contributed by atoms with Crippen LogP contribution in [0.4, 0.5) is 20.4 Å². The van der Waals surface area contributed by atoms with Gasteiger partial charge in [-0.1, -0.05) is 0 Å². The molecule has 1 N–H and O–H groups in total. The van der Waals surface area contributed by atoms with Crippen molar-refractivity contribution in [3.8, 4) is 17.2 Å². The highest BCUT2D eigenvalue weighted by molar-refractivity contribution is 7.90. The van der Waals surface area contributed by atoms with Crippen molar-refractivity contribution in [2.75, 3.05) is 5.32 Å². The summed E-state index contributed by atoms with van der Waals surface area (Å²) in [6.07, 6.45) is 4.61. The van der Waals surface area contributed by atoms with Crippen molar-refractivity contribution in [3.63, 3.8) is 0 Å². The molecule has 0 spiro atoms. The van der Waals surface area contributed by atoms with Gasteiger partial charge in [0.25, 0.3) is 0 Å². The third kappa shape index (κ3) is 5.05. The third-order valence-electron chi connectivity index (χ3n) is 5.01. The van der Waals surface area contributed by atoms with Crippen molar-refractivity contribution >= 4 is 21.5 Å². The van der Waals surface area contributed by atoms with Gasteiger partial charge < -0.3 is 5.32 Å². The maximum Gasteiger partial charge on any atom is 0.185 e. The molecule has 0 bridgehead atoms. The van der Waals surface area contributed by atoms with Gasteiger partial charge >= 0.3 is 0 Å². The topological polar surface area (TPSA) is 109 Å². The number of nitrogens with one attached hydrogen (secondary N) is 1. The molecule has 3 aromatic heterocycles. The number of aryl methyl sites for hydroxylation is 1. The van der Waals surface area contributed by atoms with E-state index in [-0.39, 0.29) is 0 Å². The molecule has 170 valence electrons. The predicted octanol–water partition coefficient (Wildman–Crippen LogP) is 4.71. The van der Waals surface area contributed by atoms with Gasteiger partial charge in [0.1, 0.15) is 34.2 Å². The van der Waals surface area contributed by atoms with E-state index in [4.69, 9.17) is 5.26 Å². The Bertz CT molecular complexity index is 1520. The predicted molar refractivity (Wildman–Crippen MR) is 122 cm³/mol. The molecule has 4 rings (SSSR count). The van der Waals surface area contributed by atoms with Crippen LogP contribution in [0.15, 0.2) is 72.0 Å². The van der Waals surface area contributed by atoms with Crippen molar-refractivity contribution in [2.45, 2.75) is 17.6 Å². The first-order chi connectivity index (χ1) is 16.2. The van der Waals surface area contributed by atoms with Gasteiger partial charge in [0.2, 0.25) is 0 Å². The molecule has 0 atom stereocenters. The van der Waals surface area contributed by atoms with E-state index < -0.39 is 32.1 Å². The molecule has 0 aliphatic carbocycles. The number of nitriles is 1. The molecular weight excluding hydrogens is 460 g/mol. The maximum absolute atomic E-state index is 14.1. The number of nitrogens with zero attached hydrogens (tertiary/aromatic N) is 4. The summed E-state index contributed by atoms with van der Waals surface area (Å²) >= 11 is 0. The minimum absolute atomic E-state index is 0.390. The lowest BCUT2D eigenvalue weighted by atomic mass is 10.1. The molecule has 0 saturated carbocycles. The van der Waals surface area contributed by atoms with Gasteiger partial charge in [0.05, 0.1) is 11.3 Å². The molecule has 7 nitrogen and oxygen atoms in total. The first-order valence-corrected chi connectivity index (χ1v) is 11.6. The number of anilines is 2. The Morgan fingerprint density at radius 3 is 2.47 bits per heavy atom. The Balaban J connectivity index is 1.62. The second-order valence-electron chi connectivity index (χ2n) is 7.40. The fourth-order valence-corrected chi connectivity index (χ4v) is 4.72. The van der Waals surface area contributed by atoms with Crippen LogP contribution in [0.3, 0.4) is 0 Å². The second kappa shape index (κ2) is 9.33. The average molecular weight is 477 g/mol. The molecule has 0 aliphatic rings. The number of hydrogen-bond acceptors (Lipinski definition) is 7. The zero-order chi connectivity index (χ0) is 24.3. The number of pyridine rings is 3. The fourth-order valence-electron chi connectivity index (χ4n) is 3.24. The normalized spacial score (nSPS) is 11.1. The Morgan fingerprint density at radius 2 is 1.76 bits per heavy atom. The minimum Gasteiger partial charge on any atom is -0.325 e. The fraction of sp³-hybridized carbons (Fsp3) is 0.0833. The lowest BCUT2D eigenvalue weighted by molar-refractivity contribution is 0.548. The second-order valence-corrected chi connectivity index (χ2v) is 9.36. The highest BCUT2D eigenvalue weighted by Gasteiger charge is 2.22. The van der Waals surface area contributed by atoms with Gasteiger partial charge in [-0.2, -0.15) is 5.26 Å². The molecule has 0 amide bonds. The largest absolute Gasteiger partial charge is 0.325 e. The molecule has 4 aromatic rings. The summed E-state index contributed by atoms with van der Waals surface area (Å²) in [5.74, 6) is -1.50. The van der Waals surface area contributed by atoms with Crippen molar-refractivity contribution in [2.24, 2.45) is 0 Å². The summed E-state index contributed by atoms with van der Waals surface area (Å²) in [5, 5.41) is 11.9. The van der Waals surface area contributed by atoms with E-state index in [1.54, 1.807) is 49.6 Å². The highest BCUT2D eigenvalue weighted by Crippen LogP contribution is 2.27. The van der Waals surface area contributed by atoms with Crippen LogP contribution in [0.2, 0.25) is 0 Å². The lowest BCUT2D eigenvalue weighted by Crippen LogP contribution is -2.09. The molecule has 1 aromatic carbocycles. The van der Waals surface area contributed by atoms with Gasteiger partial charge in [-0.15, -0.1) is 0 Å². The minimum atomic E-state index is -4.07. The third-order valence-corrected chi connectivity index (χ3v) is 6.70. The summed E-state index contributed by atoms with van der Waals surface area (Å²) in [7, 11) is -4.07. The van der Waals surface area contributed by atoms with Crippen LogP contribution in [-0.2, 0) is 15.6 Å². The van der Waals surface area contributed by atoms with E-state index in [0.29, 0.717) is 45.6 Å². The van der Waals surface area contributed by atoms with Crippen LogP contribution in [0, 0.1) is 29.9 Å². The van der Waals surface area contributed by atoms with Crippen molar-refractivity contribution in [3.05, 3.63) is 95.6 Å². The Kier molecular flexibility index (Phi) is 6.30. The molecule has 0 aliphatic heterocycles. The summed E-state index contributed by atoms with van der Waals surface area (Å²) in [6.45, 7) is 1.66. The molecule has 3 heterocycles. The molecular formula is C24H17F2N5O2S. The molecule has 0 unspecified atom stereocenters. The van der Waals surface area contributed by atoms with Gasteiger partial charge in [0.15, 0.2) is 9.84 Å². The SMILES string of the molecule is Cc1ncc(-c2ccnc(Nc3ccc(C#N)cn3)c2)cc1CS(=O)(=O)c1ccc(F)cc1F. The zero-order valence-electron chi connectivity index (χ0n) is 17.8. The Hall–Kier alpha value is -4.23. The van der Waals surface area contributed by atoms with Crippen LogP contribution >= 0.6 is 0 Å². The Labute approximate surface area is 194 Å². The monoisotopic (exact) mass is 477 g/mol. The van der Waals surface area contributed by atoms with Crippen molar-refractivity contribution < 1.29 is 17.2 Å². The quantitative estimate of drug-likeness (QED) is 0.401. The molecule has 0 saturated heterocycles. The lowest BCUT2D eigenvalue weighted by Gasteiger charge is -2.11. The van der Waals surface area contributed by atoms with Crippen LogP contribution in [0.25, 0.3) is 11.1 Å². The van der Waals surface area contributed by atoms with Gasteiger partial charge in [-0.05, 0) is 60.5 Å². The number of hydrogen-bond donors (Lipinski definition) is 1. The maximum atomic E-state index is 14.1. The molecule has 34 heavy (non-hydrogen) atoms. The Morgan fingerprint density at radius 1 is 0.941 bits per heavy atom. The first kappa shape index (κ1) is 22.9. The summed E-state index contributed by atoms with van der Waals surface area (Å²) in [6, 6.07) is 12.8. The van der Waals surface area contributed by atoms with E-state index in [2.05, 4.69) is 20.3 Å². The molecule has 0 radical (unpaired) electrons. The van der Waals surface area contributed by atoms with E-state index >= 15 is 0 Å². The number of halogens is 2. The van der Waals surface area contributed by atoms with Crippen LogP contribution in [0.1, 0.15) is 16.8 Å². The highest BCUT2D eigenvalue weighted by atomic mass is 32.2. The smallest absolute Gasteiger partial charge is 0.185 e. The van der Waals surface area contributed by atoms with Gasteiger partial charge in [-0.3, -0.25) is 4.98 Å². The van der Waals surface area contributed by atoms with Crippen molar-refractivity contribution in [1.29, 1.82) is 5.26 Å². The number of rotatable bonds is 6.